The van der Waals surface area contributed by atoms with E-state index in [-0.39, 0.29) is 6.04 Å². The molecule has 3 aromatic carbocycles. The van der Waals surface area contributed by atoms with Gasteiger partial charge in [-0.05, 0) is 84.9 Å². The second-order valence-electron chi connectivity index (χ2n) is 9.90. The molecule has 0 N–H and O–H groups in total. The molecule has 1 aliphatic heterocycles. The number of aromatic nitrogens is 3. The molecule has 36 heavy (non-hydrogen) atoms. The minimum Gasteiger partial charge on any atom is -0.320 e. The van der Waals surface area contributed by atoms with Gasteiger partial charge in [-0.2, -0.15) is 0 Å². The van der Waals surface area contributed by atoms with E-state index in [2.05, 4.69) is 106 Å². The number of pyridine rings is 1. The molecule has 1 fully saturated rings. The zero-order valence-corrected chi connectivity index (χ0v) is 20.8. The Balaban J connectivity index is 1.38. The third-order valence-corrected chi connectivity index (χ3v) is 7.44. The van der Waals surface area contributed by atoms with Crippen LogP contribution < -0.4 is 0 Å². The first-order valence-corrected chi connectivity index (χ1v) is 13.0. The second-order valence-corrected chi connectivity index (χ2v) is 9.90. The van der Waals surface area contributed by atoms with Gasteiger partial charge in [0.05, 0.1) is 17.1 Å². The average molecular weight is 473 g/mol. The van der Waals surface area contributed by atoms with Crippen molar-refractivity contribution >= 4 is 11.0 Å². The molecule has 1 atom stereocenters. The van der Waals surface area contributed by atoms with E-state index in [1.165, 1.54) is 59.3 Å². The lowest BCUT2D eigenvalue weighted by Crippen LogP contribution is -2.18. The molecule has 6 rings (SSSR count). The van der Waals surface area contributed by atoms with Crippen molar-refractivity contribution in [1.29, 1.82) is 0 Å². The summed E-state index contributed by atoms with van der Waals surface area (Å²) in [4.78, 5) is 11.8. The van der Waals surface area contributed by atoms with E-state index >= 15 is 0 Å². The summed E-state index contributed by atoms with van der Waals surface area (Å²) in [7, 11) is 0. The number of hydrogen-bond donors (Lipinski definition) is 0. The number of likely N-dealkylation sites (tertiary alicyclic amines) is 1. The number of imidazole rings is 1. The maximum Gasteiger partial charge on any atom is 0.114 e. The van der Waals surface area contributed by atoms with Gasteiger partial charge in [-0.15, -0.1) is 0 Å². The summed E-state index contributed by atoms with van der Waals surface area (Å²) in [6.07, 6.45) is 7.14. The summed E-state index contributed by atoms with van der Waals surface area (Å²) < 4.78 is 2.41. The first kappa shape index (κ1) is 22.7. The molecule has 1 unspecified atom stereocenters. The first-order valence-electron chi connectivity index (χ1n) is 13.0. The lowest BCUT2D eigenvalue weighted by Gasteiger charge is -2.19. The van der Waals surface area contributed by atoms with E-state index in [9.17, 15) is 0 Å². The molecule has 0 aliphatic carbocycles. The fourth-order valence-corrected chi connectivity index (χ4v) is 5.44. The SMILES string of the molecule is CC(c1ccccc1)n1c(Cc2ccncc2)nc2ccc(-c3ccc(CN4CCCC4)cc3)cc21. The Morgan fingerprint density at radius 2 is 1.50 bits per heavy atom. The van der Waals surface area contributed by atoms with Crippen molar-refractivity contribution in [1.82, 2.24) is 19.4 Å². The van der Waals surface area contributed by atoms with Gasteiger partial charge in [0.25, 0.3) is 0 Å². The second kappa shape index (κ2) is 10.1. The fourth-order valence-electron chi connectivity index (χ4n) is 5.44. The Kier molecular flexibility index (Phi) is 6.35. The lowest BCUT2D eigenvalue weighted by molar-refractivity contribution is 0.331. The van der Waals surface area contributed by atoms with Gasteiger partial charge < -0.3 is 4.57 Å². The molecule has 1 saturated heterocycles. The van der Waals surface area contributed by atoms with Crippen LogP contribution in [0.1, 0.15) is 48.3 Å². The van der Waals surface area contributed by atoms with Crippen LogP contribution in [0.5, 0.6) is 0 Å². The highest BCUT2D eigenvalue weighted by Gasteiger charge is 2.18. The minimum atomic E-state index is 0.172. The highest BCUT2D eigenvalue weighted by Crippen LogP contribution is 2.31. The Labute approximate surface area is 213 Å². The van der Waals surface area contributed by atoms with Crippen LogP contribution in [-0.4, -0.2) is 32.5 Å². The van der Waals surface area contributed by atoms with Crippen LogP contribution in [0.25, 0.3) is 22.2 Å². The first-order chi connectivity index (χ1) is 17.7. The van der Waals surface area contributed by atoms with Crippen LogP contribution in [0.2, 0.25) is 0 Å². The maximum atomic E-state index is 5.10. The van der Waals surface area contributed by atoms with E-state index in [1.54, 1.807) is 0 Å². The zero-order valence-electron chi connectivity index (χ0n) is 20.8. The number of rotatable bonds is 7. The summed E-state index contributed by atoms with van der Waals surface area (Å²) in [5.74, 6) is 1.07. The van der Waals surface area contributed by atoms with E-state index in [4.69, 9.17) is 4.98 Å². The normalized spacial score (nSPS) is 14.9. The summed E-state index contributed by atoms with van der Waals surface area (Å²) in [6, 6.07) is 30.8. The molecule has 0 bridgehead atoms. The molecule has 4 heteroatoms. The summed E-state index contributed by atoms with van der Waals surface area (Å²) >= 11 is 0. The van der Waals surface area contributed by atoms with Crippen LogP contribution in [0.15, 0.2) is 97.3 Å². The van der Waals surface area contributed by atoms with E-state index in [0.29, 0.717) is 0 Å². The monoisotopic (exact) mass is 472 g/mol. The van der Waals surface area contributed by atoms with Gasteiger partial charge in [0, 0.05) is 25.4 Å². The fraction of sp³-hybridized carbons (Fsp3) is 0.250. The van der Waals surface area contributed by atoms with Crippen LogP contribution in [-0.2, 0) is 13.0 Å². The van der Waals surface area contributed by atoms with Crippen molar-refractivity contribution in [3.05, 3.63) is 120 Å². The third kappa shape index (κ3) is 4.69. The van der Waals surface area contributed by atoms with Gasteiger partial charge in [-0.1, -0.05) is 60.7 Å². The predicted octanol–water partition coefficient (Wildman–Crippen LogP) is 6.89. The van der Waals surface area contributed by atoms with E-state index in [1.807, 2.05) is 12.4 Å². The Morgan fingerprint density at radius 3 is 2.25 bits per heavy atom. The molecular formula is C32H32N4. The molecule has 1 aliphatic rings. The van der Waals surface area contributed by atoms with Crippen molar-refractivity contribution < 1.29 is 0 Å². The van der Waals surface area contributed by atoms with Gasteiger partial charge in [0.1, 0.15) is 5.82 Å². The third-order valence-electron chi connectivity index (χ3n) is 7.44. The van der Waals surface area contributed by atoms with Crippen molar-refractivity contribution in [2.24, 2.45) is 0 Å². The van der Waals surface area contributed by atoms with Gasteiger partial charge in [-0.3, -0.25) is 9.88 Å². The number of nitrogens with zero attached hydrogens (tertiary/aromatic N) is 4. The van der Waals surface area contributed by atoms with Crippen LogP contribution in [0.3, 0.4) is 0 Å². The molecule has 0 spiro atoms. The molecule has 0 radical (unpaired) electrons. The molecule has 0 amide bonds. The van der Waals surface area contributed by atoms with Crippen molar-refractivity contribution in [2.75, 3.05) is 13.1 Å². The van der Waals surface area contributed by atoms with Gasteiger partial charge in [0.15, 0.2) is 0 Å². The smallest absolute Gasteiger partial charge is 0.114 e. The Morgan fingerprint density at radius 1 is 0.778 bits per heavy atom. The van der Waals surface area contributed by atoms with Crippen molar-refractivity contribution in [3.8, 4) is 11.1 Å². The highest BCUT2D eigenvalue weighted by atomic mass is 15.1. The Bertz CT molecular complexity index is 1430. The summed E-state index contributed by atoms with van der Waals surface area (Å²) in [5.41, 5.74) is 8.58. The van der Waals surface area contributed by atoms with Crippen molar-refractivity contribution in [3.63, 3.8) is 0 Å². The van der Waals surface area contributed by atoms with Gasteiger partial charge >= 0.3 is 0 Å². The van der Waals surface area contributed by atoms with E-state index in [0.717, 1.165) is 24.3 Å². The molecule has 0 saturated carbocycles. The van der Waals surface area contributed by atoms with Crippen LogP contribution in [0, 0.1) is 0 Å². The van der Waals surface area contributed by atoms with Gasteiger partial charge in [0.2, 0.25) is 0 Å². The maximum absolute atomic E-state index is 5.10. The number of benzene rings is 3. The van der Waals surface area contributed by atoms with Crippen LogP contribution >= 0.6 is 0 Å². The van der Waals surface area contributed by atoms with Gasteiger partial charge in [-0.25, -0.2) is 4.98 Å². The molecule has 5 aromatic rings. The number of fused-ring (bicyclic) bond motifs is 1. The predicted molar refractivity (Wildman–Crippen MR) is 147 cm³/mol. The topological polar surface area (TPSA) is 34.0 Å². The van der Waals surface area contributed by atoms with E-state index < -0.39 is 0 Å². The quantitative estimate of drug-likeness (QED) is 0.258. The van der Waals surface area contributed by atoms with Crippen LogP contribution in [0.4, 0.5) is 0 Å². The summed E-state index contributed by atoms with van der Waals surface area (Å²) in [5, 5.41) is 0. The molecule has 3 heterocycles. The highest BCUT2D eigenvalue weighted by molar-refractivity contribution is 5.83. The number of hydrogen-bond acceptors (Lipinski definition) is 3. The molecule has 4 nitrogen and oxygen atoms in total. The summed E-state index contributed by atoms with van der Waals surface area (Å²) in [6.45, 7) is 5.78. The largest absolute Gasteiger partial charge is 0.320 e. The minimum absolute atomic E-state index is 0.172. The molecule has 2 aromatic heterocycles. The lowest BCUT2D eigenvalue weighted by atomic mass is 10.0. The Hall–Kier alpha value is -3.76. The molecule has 180 valence electrons. The average Bonchev–Trinajstić information content (AvgIpc) is 3.57. The standard InChI is InChI=1S/C32H32N4/c1-24(27-7-3-2-4-8-27)36-31-22-29(28-11-9-26(10-12-28)23-35-19-5-6-20-35)13-14-30(31)34-32(36)21-25-15-17-33-18-16-25/h2-4,7-18,22,24H,5-6,19-21,23H2,1H3. The molecular weight excluding hydrogens is 440 g/mol. The van der Waals surface area contributed by atoms with Crippen molar-refractivity contribution in [2.45, 2.75) is 38.8 Å². The zero-order chi connectivity index (χ0) is 24.3.